The molecule has 0 atom stereocenters. The Balaban J connectivity index is 1.21. The average Bonchev–Trinajstić information content (AvgIpc) is 4.08. The molecule has 0 aliphatic carbocycles. The number of anilines is 3. The van der Waals surface area contributed by atoms with Crippen molar-refractivity contribution in [2.24, 2.45) is 0 Å². The van der Waals surface area contributed by atoms with Crippen LogP contribution in [-0.4, -0.2) is 13.4 Å². The molecule has 14 rings (SSSR count). The molecule has 0 bridgehead atoms. The number of hydrogen-bond donors (Lipinski definition) is 0. The van der Waals surface area contributed by atoms with Crippen molar-refractivity contribution in [1.29, 1.82) is 0 Å². The van der Waals surface area contributed by atoms with E-state index in [4.69, 9.17) is 0 Å². The molecule has 58 heavy (non-hydrogen) atoms. The highest BCUT2D eigenvalue weighted by atomic mass is 15.1. The lowest BCUT2D eigenvalue weighted by molar-refractivity contribution is 1.18. The Bertz CT molecular complexity index is 3910. The van der Waals surface area contributed by atoms with Crippen LogP contribution in [0.15, 0.2) is 194 Å². The van der Waals surface area contributed by atoms with Gasteiger partial charge >= 0.3 is 0 Å². The fraction of sp³-hybridized carbons (Fsp3) is 0. The van der Waals surface area contributed by atoms with Crippen molar-refractivity contribution < 1.29 is 0 Å². The third-order valence-corrected chi connectivity index (χ3v) is 12.8. The Labute approximate surface area is 331 Å². The Kier molecular flexibility index (Phi) is 5.73. The molecule has 5 aromatic heterocycles. The molecule has 14 aromatic rings. The van der Waals surface area contributed by atoms with Gasteiger partial charge in [0.2, 0.25) is 0 Å². The van der Waals surface area contributed by atoms with Crippen LogP contribution in [0.25, 0.3) is 104 Å². The summed E-state index contributed by atoms with van der Waals surface area (Å²) in [7, 11) is 0. The molecule has 268 valence electrons. The Morgan fingerprint density at radius 2 is 0.776 bits per heavy atom. The smallest absolute Gasteiger partial charge is 0.0641 e. The lowest BCUT2D eigenvalue weighted by Gasteiger charge is -2.26. The van der Waals surface area contributed by atoms with E-state index < -0.39 is 0 Å². The summed E-state index contributed by atoms with van der Waals surface area (Å²) in [6.07, 6.45) is 0. The van der Waals surface area contributed by atoms with Crippen LogP contribution in [0.3, 0.4) is 0 Å². The number of hydrogen-bond acceptors (Lipinski definition) is 1. The Morgan fingerprint density at radius 3 is 1.45 bits per heavy atom. The minimum Gasteiger partial charge on any atom is -0.310 e. The van der Waals surface area contributed by atoms with Crippen LogP contribution in [0.5, 0.6) is 0 Å². The van der Waals surface area contributed by atoms with Crippen LogP contribution in [0, 0.1) is 0 Å². The molecule has 0 radical (unpaired) electrons. The molecule has 4 nitrogen and oxygen atoms in total. The lowest BCUT2D eigenvalue weighted by atomic mass is 9.98. The molecule has 0 unspecified atom stereocenters. The highest BCUT2D eigenvalue weighted by molar-refractivity contribution is 6.41. The number of rotatable bonds is 4. The van der Waals surface area contributed by atoms with Crippen molar-refractivity contribution >= 4 is 115 Å². The molecule has 0 saturated heterocycles. The van der Waals surface area contributed by atoms with Gasteiger partial charge in [-0.3, -0.25) is 0 Å². The van der Waals surface area contributed by atoms with Gasteiger partial charge in [-0.2, -0.15) is 0 Å². The lowest BCUT2D eigenvalue weighted by Crippen LogP contribution is -2.10. The first kappa shape index (κ1) is 30.4. The Morgan fingerprint density at radius 1 is 0.293 bits per heavy atom. The third-order valence-electron chi connectivity index (χ3n) is 12.8. The van der Waals surface area contributed by atoms with Crippen molar-refractivity contribution in [2.75, 3.05) is 4.90 Å². The zero-order chi connectivity index (χ0) is 37.6. The highest BCUT2D eigenvalue weighted by Crippen LogP contribution is 2.52. The fourth-order valence-electron chi connectivity index (χ4n) is 10.7. The largest absolute Gasteiger partial charge is 0.310 e. The molecule has 0 aliphatic heterocycles. The molecule has 0 amide bonds. The summed E-state index contributed by atoms with van der Waals surface area (Å²) in [5, 5.41) is 12.9. The molecule has 5 heterocycles. The first-order valence-electron chi connectivity index (χ1n) is 20.0. The molecule has 0 spiro atoms. The van der Waals surface area contributed by atoms with E-state index in [-0.39, 0.29) is 0 Å². The molecule has 0 N–H and O–H groups in total. The van der Waals surface area contributed by atoms with Crippen LogP contribution < -0.4 is 4.90 Å². The number of para-hydroxylation sites is 6. The van der Waals surface area contributed by atoms with Gasteiger partial charge in [-0.05, 0) is 78.9 Å². The number of fused-ring (bicyclic) bond motifs is 17. The SMILES string of the molecule is c1ccc(N(c2ccccc2)c2ccc3c4c5c6ccccc6n6c7ccc8c(c9ccccc9n8-c8ccccc8)c7c(cc4n4c7ccccc7c2c34)c56)cc1. The average molecular weight is 737 g/mol. The highest BCUT2D eigenvalue weighted by Gasteiger charge is 2.29. The molecular weight excluding hydrogens is 705 g/mol. The van der Waals surface area contributed by atoms with Crippen molar-refractivity contribution in [1.82, 2.24) is 13.4 Å². The molecular formula is C54H32N4. The summed E-state index contributed by atoms with van der Waals surface area (Å²) in [5.41, 5.74) is 14.6. The summed E-state index contributed by atoms with van der Waals surface area (Å²) < 4.78 is 7.56. The Hall–Kier alpha value is -7.82. The summed E-state index contributed by atoms with van der Waals surface area (Å²) >= 11 is 0. The maximum atomic E-state index is 2.57. The van der Waals surface area contributed by atoms with Gasteiger partial charge in [0.05, 0.1) is 49.8 Å². The number of benzene rings is 9. The molecule has 9 aromatic carbocycles. The standard InChI is InChI=1S/C54H32N4/c1-4-16-33(17-5-1)55(34-18-6-2-7-19-34)46-29-28-39-49-47(58-42-26-14-11-23-37(42)51(46)53(39)58)32-40-50-45(57-43-27-15-12-24-38(43)52(49)54(40)57)31-30-44-48(50)36-22-10-13-25-41(36)56(44)35-20-8-3-9-21-35/h1-32H. The van der Waals surface area contributed by atoms with Crippen molar-refractivity contribution in [3.63, 3.8) is 0 Å². The minimum atomic E-state index is 1.13. The van der Waals surface area contributed by atoms with Gasteiger partial charge in [-0.1, -0.05) is 115 Å². The maximum absolute atomic E-state index is 2.57. The summed E-state index contributed by atoms with van der Waals surface area (Å²) in [4.78, 5) is 2.42. The van der Waals surface area contributed by atoms with Gasteiger partial charge in [-0.15, -0.1) is 0 Å². The van der Waals surface area contributed by atoms with Crippen LogP contribution in [0.1, 0.15) is 0 Å². The second-order valence-corrected chi connectivity index (χ2v) is 15.7. The first-order valence-corrected chi connectivity index (χ1v) is 20.0. The van der Waals surface area contributed by atoms with Gasteiger partial charge < -0.3 is 18.3 Å². The van der Waals surface area contributed by atoms with E-state index >= 15 is 0 Å². The number of nitrogens with zero attached hydrogens (tertiary/aromatic N) is 4. The normalized spacial score (nSPS) is 12.5. The van der Waals surface area contributed by atoms with Crippen LogP contribution >= 0.6 is 0 Å². The van der Waals surface area contributed by atoms with Crippen LogP contribution in [-0.2, 0) is 0 Å². The molecule has 0 fully saturated rings. The zero-order valence-electron chi connectivity index (χ0n) is 31.3. The quantitative estimate of drug-likeness (QED) is 0.176. The number of aromatic nitrogens is 3. The van der Waals surface area contributed by atoms with E-state index in [1.165, 1.54) is 109 Å². The van der Waals surface area contributed by atoms with Crippen molar-refractivity contribution in [3.8, 4) is 5.69 Å². The monoisotopic (exact) mass is 736 g/mol. The first-order chi connectivity index (χ1) is 28.8. The summed E-state index contributed by atoms with van der Waals surface area (Å²) in [6.45, 7) is 0. The third kappa shape index (κ3) is 3.66. The second kappa shape index (κ2) is 10.9. The van der Waals surface area contributed by atoms with Gasteiger partial charge in [0, 0.05) is 70.9 Å². The van der Waals surface area contributed by atoms with E-state index in [9.17, 15) is 0 Å². The molecule has 4 heteroatoms. The van der Waals surface area contributed by atoms with Crippen LogP contribution in [0.2, 0.25) is 0 Å². The van der Waals surface area contributed by atoms with Gasteiger partial charge in [0.25, 0.3) is 0 Å². The van der Waals surface area contributed by atoms with E-state index in [1.807, 2.05) is 0 Å². The topological polar surface area (TPSA) is 17.0 Å². The summed E-state index contributed by atoms with van der Waals surface area (Å²) in [6, 6.07) is 71.3. The molecule has 0 saturated carbocycles. The van der Waals surface area contributed by atoms with E-state index in [2.05, 4.69) is 212 Å². The van der Waals surface area contributed by atoms with Gasteiger partial charge in [0.15, 0.2) is 0 Å². The minimum absolute atomic E-state index is 1.13. The second-order valence-electron chi connectivity index (χ2n) is 15.7. The van der Waals surface area contributed by atoms with Crippen molar-refractivity contribution in [2.45, 2.75) is 0 Å². The fourth-order valence-corrected chi connectivity index (χ4v) is 10.7. The van der Waals surface area contributed by atoms with E-state index in [0.717, 1.165) is 11.4 Å². The van der Waals surface area contributed by atoms with Gasteiger partial charge in [0.1, 0.15) is 0 Å². The molecule has 0 aliphatic rings. The summed E-state index contributed by atoms with van der Waals surface area (Å²) in [5.74, 6) is 0. The van der Waals surface area contributed by atoms with E-state index in [0.29, 0.717) is 0 Å². The maximum Gasteiger partial charge on any atom is 0.0641 e. The van der Waals surface area contributed by atoms with Crippen molar-refractivity contribution in [3.05, 3.63) is 194 Å². The van der Waals surface area contributed by atoms with Gasteiger partial charge in [-0.25, -0.2) is 0 Å². The zero-order valence-corrected chi connectivity index (χ0v) is 31.3. The van der Waals surface area contributed by atoms with E-state index in [1.54, 1.807) is 0 Å². The predicted octanol–water partition coefficient (Wildman–Crippen LogP) is 14.6. The predicted molar refractivity (Wildman–Crippen MR) is 245 cm³/mol. The van der Waals surface area contributed by atoms with Crippen LogP contribution in [0.4, 0.5) is 17.1 Å².